The molecule has 7 heteroatoms. The summed E-state index contributed by atoms with van der Waals surface area (Å²) in [4.78, 5) is 24.1. The van der Waals surface area contributed by atoms with Crippen LogP contribution in [-0.2, 0) is 22.4 Å². The number of likely N-dealkylation sites (N-methyl/N-ethyl adjacent to an activating group) is 1. The molecular weight excluding hydrogens is 336 g/mol. The molecular formula is C19H20N2O5. The highest BCUT2D eigenvalue weighted by atomic mass is 16.5. The number of ether oxygens (including phenoxy) is 1. The van der Waals surface area contributed by atoms with Gasteiger partial charge in [-0.15, -0.1) is 0 Å². The first-order valence-corrected chi connectivity index (χ1v) is 8.25. The summed E-state index contributed by atoms with van der Waals surface area (Å²) in [6, 6.07) is 10.2. The molecule has 2 atom stereocenters. The first-order chi connectivity index (χ1) is 12.5. The summed E-state index contributed by atoms with van der Waals surface area (Å²) in [7, 11) is 1.66. The Kier molecular flexibility index (Phi) is 5.09. The Bertz CT molecular complexity index is 819. The number of fused-ring (bicyclic) bond motifs is 7. The predicted molar refractivity (Wildman–Crippen MR) is 94.4 cm³/mol. The van der Waals surface area contributed by atoms with Gasteiger partial charge in [-0.2, -0.15) is 0 Å². The average molecular weight is 356 g/mol. The maximum Gasteiger partial charge on any atom is 0.326 e. The van der Waals surface area contributed by atoms with E-state index in [9.17, 15) is 19.8 Å². The molecule has 2 aliphatic heterocycles. The van der Waals surface area contributed by atoms with E-state index in [1.54, 1.807) is 31.3 Å². The summed E-state index contributed by atoms with van der Waals surface area (Å²) in [5.74, 6) is -0.777. The van der Waals surface area contributed by atoms with E-state index in [2.05, 4.69) is 10.6 Å². The molecule has 0 aliphatic carbocycles. The molecule has 0 aromatic heterocycles. The smallest absolute Gasteiger partial charge is 0.326 e. The number of phenols is 1. The van der Waals surface area contributed by atoms with Gasteiger partial charge in [-0.3, -0.25) is 4.79 Å². The number of hydrogen-bond donors (Lipinski definition) is 4. The number of hydrogen-bond acceptors (Lipinski definition) is 5. The van der Waals surface area contributed by atoms with Gasteiger partial charge in [0.15, 0.2) is 11.5 Å². The number of benzene rings is 2. The highest BCUT2D eigenvalue weighted by Gasteiger charge is 2.25. The van der Waals surface area contributed by atoms with E-state index >= 15 is 0 Å². The lowest BCUT2D eigenvalue weighted by Gasteiger charge is -2.21. The van der Waals surface area contributed by atoms with Crippen LogP contribution in [0.4, 0.5) is 0 Å². The summed E-state index contributed by atoms with van der Waals surface area (Å²) in [5.41, 5.74) is 1.52. The zero-order valence-corrected chi connectivity index (χ0v) is 14.2. The van der Waals surface area contributed by atoms with Gasteiger partial charge < -0.3 is 25.6 Å². The van der Waals surface area contributed by atoms with Gasteiger partial charge in [-0.25, -0.2) is 4.79 Å². The van der Waals surface area contributed by atoms with Crippen LogP contribution in [0.2, 0.25) is 0 Å². The third-order valence-corrected chi connectivity index (χ3v) is 4.33. The Labute approximate surface area is 150 Å². The first kappa shape index (κ1) is 17.8. The van der Waals surface area contributed by atoms with Crippen molar-refractivity contribution in [2.75, 3.05) is 7.05 Å². The average Bonchev–Trinajstić information content (AvgIpc) is 2.62. The highest BCUT2D eigenvalue weighted by molar-refractivity contribution is 5.87. The third-order valence-electron chi connectivity index (χ3n) is 4.33. The lowest BCUT2D eigenvalue weighted by molar-refractivity contribution is -0.142. The molecule has 4 N–H and O–H groups in total. The largest absolute Gasteiger partial charge is 0.504 e. The van der Waals surface area contributed by atoms with Gasteiger partial charge in [0, 0.05) is 6.42 Å². The SMILES string of the molecule is CN[C@H]1Cc2ccc(cc2)Oc2cc(ccc2O)C[C@@H](C(=O)O)NC1=O. The van der Waals surface area contributed by atoms with Gasteiger partial charge in [0.1, 0.15) is 11.8 Å². The number of carboxylic acids is 1. The first-order valence-electron chi connectivity index (χ1n) is 8.25. The topological polar surface area (TPSA) is 108 Å². The lowest BCUT2D eigenvalue weighted by Crippen LogP contribution is -2.51. The standard InChI is InChI=1S/C19H20N2O5/c1-20-14-8-11-2-5-13(6-3-11)26-17-10-12(4-7-16(17)22)9-15(19(24)25)21-18(14)23/h2-7,10,14-15,20,22H,8-9H2,1H3,(H,21,23)(H,24,25)/t14-,15-/m0/s1. The van der Waals surface area contributed by atoms with Crippen LogP contribution in [0.5, 0.6) is 17.2 Å². The van der Waals surface area contributed by atoms with Crippen LogP contribution in [0.25, 0.3) is 0 Å². The molecule has 2 aromatic rings. The van der Waals surface area contributed by atoms with Crippen molar-refractivity contribution < 1.29 is 24.5 Å². The van der Waals surface area contributed by atoms with Crippen molar-refractivity contribution in [1.29, 1.82) is 0 Å². The molecule has 136 valence electrons. The number of amides is 1. The lowest BCUT2D eigenvalue weighted by atomic mass is 10.0. The molecule has 0 fully saturated rings. The fourth-order valence-corrected chi connectivity index (χ4v) is 2.86. The third kappa shape index (κ3) is 3.94. The van der Waals surface area contributed by atoms with E-state index in [4.69, 9.17) is 4.74 Å². The summed E-state index contributed by atoms with van der Waals surface area (Å²) < 4.78 is 5.72. The molecule has 2 aromatic carbocycles. The molecule has 4 rings (SSSR count). The summed E-state index contributed by atoms with van der Waals surface area (Å²) in [5, 5.41) is 25.0. The Morgan fingerprint density at radius 3 is 2.50 bits per heavy atom. The number of carbonyl (C=O) groups is 2. The van der Waals surface area contributed by atoms with E-state index in [1.165, 1.54) is 6.07 Å². The molecule has 4 bridgehead atoms. The fraction of sp³-hybridized carbons (Fsp3) is 0.263. The number of aromatic hydroxyl groups is 1. The monoisotopic (exact) mass is 356 g/mol. The molecule has 0 unspecified atom stereocenters. The summed E-state index contributed by atoms with van der Waals surface area (Å²) in [6.45, 7) is 0. The summed E-state index contributed by atoms with van der Waals surface area (Å²) in [6.07, 6.45) is 0.483. The normalized spacial score (nSPS) is 20.0. The van der Waals surface area contributed by atoms with E-state index in [-0.39, 0.29) is 23.8 Å². The minimum atomic E-state index is -1.13. The second-order valence-electron chi connectivity index (χ2n) is 6.20. The van der Waals surface area contributed by atoms with Crippen LogP contribution in [0.15, 0.2) is 42.5 Å². The van der Waals surface area contributed by atoms with Crippen molar-refractivity contribution in [3.8, 4) is 17.2 Å². The van der Waals surface area contributed by atoms with Gasteiger partial charge >= 0.3 is 5.97 Å². The molecule has 26 heavy (non-hydrogen) atoms. The van der Waals surface area contributed by atoms with Crippen LogP contribution >= 0.6 is 0 Å². The number of carbonyl (C=O) groups excluding carboxylic acids is 1. The van der Waals surface area contributed by atoms with E-state index in [0.29, 0.717) is 17.7 Å². The number of phenolic OH excluding ortho intramolecular Hbond substituents is 1. The van der Waals surface area contributed by atoms with Crippen LogP contribution < -0.4 is 15.4 Å². The quantitative estimate of drug-likeness (QED) is 0.649. The summed E-state index contributed by atoms with van der Waals surface area (Å²) >= 11 is 0. The second kappa shape index (κ2) is 7.45. The maximum absolute atomic E-state index is 12.5. The van der Waals surface area contributed by atoms with Gasteiger partial charge in [0.2, 0.25) is 5.91 Å². The van der Waals surface area contributed by atoms with E-state index in [1.807, 2.05) is 12.1 Å². The van der Waals surface area contributed by atoms with Crippen molar-refractivity contribution >= 4 is 11.9 Å². The van der Waals surface area contributed by atoms with E-state index < -0.39 is 18.1 Å². The van der Waals surface area contributed by atoms with Crippen molar-refractivity contribution in [3.05, 3.63) is 53.6 Å². The second-order valence-corrected chi connectivity index (χ2v) is 6.20. The van der Waals surface area contributed by atoms with Gasteiger partial charge in [0.05, 0.1) is 6.04 Å². The minimum absolute atomic E-state index is 0.0453. The molecule has 7 nitrogen and oxygen atoms in total. The molecule has 2 aliphatic rings. The molecule has 1 amide bonds. The predicted octanol–water partition coefficient (Wildman–Crippen LogP) is 1.44. The number of carboxylic acid groups (broad SMARTS) is 1. The maximum atomic E-state index is 12.5. The van der Waals surface area contributed by atoms with Gasteiger partial charge in [-0.05, 0) is 48.9 Å². The van der Waals surface area contributed by atoms with Crippen molar-refractivity contribution in [1.82, 2.24) is 10.6 Å². The molecule has 0 spiro atoms. The minimum Gasteiger partial charge on any atom is -0.504 e. The zero-order valence-electron chi connectivity index (χ0n) is 14.2. The highest BCUT2D eigenvalue weighted by Crippen LogP contribution is 2.32. The van der Waals surface area contributed by atoms with Crippen LogP contribution in [0.3, 0.4) is 0 Å². The molecule has 2 heterocycles. The fourth-order valence-electron chi connectivity index (χ4n) is 2.86. The molecule has 0 saturated heterocycles. The van der Waals surface area contributed by atoms with E-state index in [0.717, 1.165) is 5.56 Å². The Morgan fingerprint density at radius 2 is 1.85 bits per heavy atom. The van der Waals surface area contributed by atoms with Gasteiger partial charge in [0.25, 0.3) is 0 Å². The van der Waals surface area contributed by atoms with Crippen molar-refractivity contribution in [2.45, 2.75) is 24.9 Å². The Hall–Kier alpha value is -3.06. The van der Waals surface area contributed by atoms with Crippen LogP contribution in [0.1, 0.15) is 11.1 Å². The number of aliphatic carboxylic acids is 1. The number of rotatable bonds is 2. The van der Waals surface area contributed by atoms with Crippen molar-refractivity contribution in [3.63, 3.8) is 0 Å². The molecule has 0 radical (unpaired) electrons. The van der Waals surface area contributed by atoms with Crippen molar-refractivity contribution in [2.24, 2.45) is 0 Å². The Morgan fingerprint density at radius 1 is 1.15 bits per heavy atom. The Balaban J connectivity index is 2.02. The zero-order chi connectivity index (χ0) is 18.7. The van der Waals surface area contributed by atoms with Gasteiger partial charge in [-0.1, -0.05) is 18.2 Å². The molecule has 0 saturated carbocycles. The van der Waals surface area contributed by atoms with Crippen LogP contribution in [-0.4, -0.2) is 41.2 Å². The van der Waals surface area contributed by atoms with Crippen LogP contribution in [0, 0.1) is 0 Å². The number of nitrogens with one attached hydrogen (secondary N) is 2.